The highest BCUT2D eigenvalue weighted by molar-refractivity contribution is 5.47. The van der Waals surface area contributed by atoms with E-state index in [1.807, 2.05) is 0 Å². The van der Waals surface area contributed by atoms with Gasteiger partial charge in [0.2, 0.25) is 0 Å². The lowest BCUT2D eigenvalue weighted by atomic mass is 9.64. The predicted molar refractivity (Wildman–Crippen MR) is 129 cm³/mol. The molecule has 4 rings (SSSR count). The van der Waals surface area contributed by atoms with Crippen molar-refractivity contribution in [2.75, 3.05) is 0 Å². The smallest absolute Gasteiger partial charge is 0.166 e. The molecule has 2 aromatic carbocycles. The van der Waals surface area contributed by atoms with Gasteiger partial charge in [0.1, 0.15) is 0 Å². The molecule has 0 amide bonds. The summed E-state index contributed by atoms with van der Waals surface area (Å²) >= 11 is 0. The second-order valence-corrected chi connectivity index (χ2v) is 10.0. The molecule has 2 aliphatic carbocycles. The molecule has 1 fully saturated rings. The van der Waals surface area contributed by atoms with Gasteiger partial charge >= 0.3 is 6.18 Å². The zero-order chi connectivity index (χ0) is 23.3. The van der Waals surface area contributed by atoms with Gasteiger partial charge in [-0.05, 0) is 97.4 Å². The quantitative estimate of drug-likeness (QED) is 0.303. The van der Waals surface area contributed by atoms with E-state index in [9.17, 15) is 13.2 Å². The summed E-state index contributed by atoms with van der Waals surface area (Å²) in [5.74, 6) is 8.62. The number of hydrogen-bond acceptors (Lipinski definition) is 0. The van der Waals surface area contributed by atoms with Crippen LogP contribution in [0.5, 0.6) is 0 Å². The minimum atomic E-state index is -4.31. The van der Waals surface area contributed by atoms with Crippen molar-refractivity contribution >= 4 is 0 Å². The number of alkyl halides is 3. The zero-order valence-electron chi connectivity index (χ0n) is 19.7. The van der Waals surface area contributed by atoms with Crippen molar-refractivity contribution in [2.45, 2.75) is 89.6 Å². The summed E-state index contributed by atoms with van der Waals surface area (Å²) in [6, 6.07) is 11.7. The standard InChI is InChI=1S/C30H35F3/c1-2-3-4-5-6-7-23-12-18-28-25(20-23)14-15-26-21-24(13-19-29(26)28)9-8-22-10-16-27(17-11-22)30(31,32)33/h10-11,13,16-17,19,21,23,25,28H,2-7,12,14-15,18,20H2,1H3. The Bertz CT molecular complexity index is 974. The maximum Gasteiger partial charge on any atom is 0.416 e. The molecule has 2 aromatic rings. The Morgan fingerprint density at radius 1 is 0.848 bits per heavy atom. The highest BCUT2D eigenvalue weighted by Crippen LogP contribution is 2.48. The number of rotatable bonds is 6. The van der Waals surface area contributed by atoms with E-state index < -0.39 is 11.7 Å². The van der Waals surface area contributed by atoms with Crippen LogP contribution in [0.15, 0.2) is 42.5 Å². The Morgan fingerprint density at radius 3 is 2.33 bits per heavy atom. The second-order valence-electron chi connectivity index (χ2n) is 10.0. The summed E-state index contributed by atoms with van der Waals surface area (Å²) in [4.78, 5) is 0. The number of halogens is 3. The van der Waals surface area contributed by atoms with Crippen LogP contribution in [0, 0.1) is 23.7 Å². The molecule has 3 atom stereocenters. The summed E-state index contributed by atoms with van der Waals surface area (Å²) in [5, 5.41) is 0. The second kappa shape index (κ2) is 10.8. The van der Waals surface area contributed by atoms with E-state index in [4.69, 9.17) is 0 Å². The first kappa shape index (κ1) is 23.9. The van der Waals surface area contributed by atoms with Crippen LogP contribution in [0.4, 0.5) is 13.2 Å². The van der Waals surface area contributed by atoms with Gasteiger partial charge in [-0.15, -0.1) is 0 Å². The van der Waals surface area contributed by atoms with Crippen molar-refractivity contribution in [1.29, 1.82) is 0 Å². The molecular weight excluding hydrogens is 417 g/mol. The van der Waals surface area contributed by atoms with Crippen molar-refractivity contribution in [3.05, 3.63) is 70.3 Å². The fourth-order valence-electron chi connectivity index (χ4n) is 5.88. The predicted octanol–water partition coefficient (Wildman–Crippen LogP) is 8.91. The fourth-order valence-corrected chi connectivity index (χ4v) is 5.88. The minimum Gasteiger partial charge on any atom is -0.166 e. The lowest BCUT2D eigenvalue weighted by Gasteiger charge is -2.40. The largest absolute Gasteiger partial charge is 0.416 e. The summed E-state index contributed by atoms with van der Waals surface area (Å²) in [6.45, 7) is 2.27. The Kier molecular flexibility index (Phi) is 7.84. The Morgan fingerprint density at radius 2 is 1.58 bits per heavy atom. The number of unbranched alkanes of at least 4 members (excludes halogenated alkanes) is 4. The van der Waals surface area contributed by atoms with E-state index >= 15 is 0 Å². The third kappa shape index (κ3) is 6.23. The van der Waals surface area contributed by atoms with Crippen LogP contribution in [-0.2, 0) is 12.6 Å². The van der Waals surface area contributed by atoms with Gasteiger partial charge in [0.05, 0.1) is 5.56 Å². The normalized spacial score (nSPS) is 22.1. The van der Waals surface area contributed by atoms with E-state index in [2.05, 4.69) is 37.0 Å². The number of benzene rings is 2. The maximum atomic E-state index is 12.7. The average Bonchev–Trinajstić information content (AvgIpc) is 2.82. The van der Waals surface area contributed by atoms with Gasteiger partial charge in [-0.1, -0.05) is 63.4 Å². The van der Waals surface area contributed by atoms with Crippen LogP contribution < -0.4 is 0 Å². The highest BCUT2D eigenvalue weighted by atomic mass is 19.4. The first-order valence-corrected chi connectivity index (χ1v) is 12.8. The molecule has 2 aliphatic rings. The topological polar surface area (TPSA) is 0 Å². The molecule has 0 bridgehead atoms. The van der Waals surface area contributed by atoms with Gasteiger partial charge in [-0.3, -0.25) is 0 Å². The maximum absolute atomic E-state index is 12.7. The molecule has 0 radical (unpaired) electrons. The van der Waals surface area contributed by atoms with E-state index in [-0.39, 0.29) is 0 Å². The number of aryl methyl sites for hydroxylation is 1. The molecule has 33 heavy (non-hydrogen) atoms. The number of hydrogen-bond donors (Lipinski definition) is 0. The zero-order valence-corrected chi connectivity index (χ0v) is 19.7. The van der Waals surface area contributed by atoms with E-state index in [0.717, 1.165) is 36.0 Å². The Balaban J connectivity index is 1.36. The lowest BCUT2D eigenvalue weighted by Crippen LogP contribution is -2.28. The Labute approximate surface area is 197 Å². The molecule has 0 heterocycles. The van der Waals surface area contributed by atoms with E-state index in [0.29, 0.717) is 11.5 Å². The van der Waals surface area contributed by atoms with Crippen LogP contribution in [0.2, 0.25) is 0 Å². The molecule has 0 nitrogen and oxygen atoms in total. The Hall–Kier alpha value is -2.21. The van der Waals surface area contributed by atoms with Crippen molar-refractivity contribution < 1.29 is 13.2 Å². The summed E-state index contributed by atoms with van der Waals surface area (Å²) < 4.78 is 38.2. The van der Waals surface area contributed by atoms with Crippen LogP contribution in [0.1, 0.15) is 105 Å². The SMILES string of the molecule is CCCCCCCC1CCC2c3ccc(C#Cc4ccc(C(F)(F)F)cc4)cc3CCC2C1. The lowest BCUT2D eigenvalue weighted by molar-refractivity contribution is -0.137. The molecule has 176 valence electrons. The fraction of sp³-hybridized carbons (Fsp3) is 0.533. The van der Waals surface area contributed by atoms with Gasteiger partial charge in [0.25, 0.3) is 0 Å². The van der Waals surface area contributed by atoms with Crippen molar-refractivity contribution in [2.24, 2.45) is 11.8 Å². The average molecular weight is 453 g/mol. The molecule has 0 aromatic heterocycles. The first-order chi connectivity index (χ1) is 15.9. The van der Waals surface area contributed by atoms with E-state index in [1.54, 1.807) is 0 Å². The molecule has 0 aliphatic heterocycles. The third-order valence-electron chi connectivity index (χ3n) is 7.70. The van der Waals surface area contributed by atoms with Crippen LogP contribution in [0.25, 0.3) is 0 Å². The van der Waals surface area contributed by atoms with Crippen molar-refractivity contribution in [1.82, 2.24) is 0 Å². The molecule has 0 saturated heterocycles. The van der Waals surface area contributed by atoms with Crippen molar-refractivity contribution in [3.63, 3.8) is 0 Å². The van der Waals surface area contributed by atoms with E-state index in [1.165, 1.54) is 87.5 Å². The summed E-state index contributed by atoms with van der Waals surface area (Å²) in [6.07, 6.45) is 10.5. The molecule has 3 unspecified atom stereocenters. The van der Waals surface area contributed by atoms with Gasteiger partial charge in [0.15, 0.2) is 0 Å². The third-order valence-corrected chi connectivity index (χ3v) is 7.70. The highest BCUT2D eigenvalue weighted by Gasteiger charge is 2.35. The first-order valence-electron chi connectivity index (χ1n) is 12.8. The number of fused-ring (bicyclic) bond motifs is 3. The van der Waals surface area contributed by atoms with Crippen LogP contribution in [-0.4, -0.2) is 0 Å². The molecule has 1 saturated carbocycles. The van der Waals surface area contributed by atoms with Gasteiger partial charge in [0, 0.05) is 11.1 Å². The van der Waals surface area contributed by atoms with Gasteiger partial charge < -0.3 is 0 Å². The van der Waals surface area contributed by atoms with Crippen LogP contribution in [0.3, 0.4) is 0 Å². The molecule has 0 N–H and O–H groups in total. The minimum absolute atomic E-state index is 0.605. The van der Waals surface area contributed by atoms with Gasteiger partial charge in [-0.2, -0.15) is 13.2 Å². The van der Waals surface area contributed by atoms with Gasteiger partial charge in [-0.25, -0.2) is 0 Å². The van der Waals surface area contributed by atoms with Crippen molar-refractivity contribution in [3.8, 4) is 11.8 Å². The summed E-state index contributed by atoms with van der Waals surface area (Å²) in [7, 11) is 0. The molecule has 0 spiro atoms. The van der Waals surface area contributed by atoms with Crippen LogP contribution >= 0.6 is 0 Å². The molecule has 3 heteroatoms. The molecular formula is C30H35F3. The summed E-state index contributed by atoms with van der Waals surface area (Å²) in [5.41, 5.74) is 3.87. The monoisotopic (exact) mass is 452 g/mol.